The van der Waals surface area contributed by atoms with Gasteiger partial charge in [0.2, 0.25) is 0 Å². The highest BCUT2D eigenvalue weighted by atomic mass is 32.2. The van der Waals surface area contributed by atoms with Crippen LogP contribution in [0.15, 0.2) is 58.7 Å². The van der Waals surface area contributed by atoms with Crippen LogP contribution in [0.25, 0.3) is 0 Å². The molecule has 0 fully saturated rings. The highest BCUT2D eigenvalue weighted by Gasteiger charge is 2.21. The fourth-order valence-electron chi connectivity index (χ4n) is 2.93. The van der Waals surface area contributed by atoms with Gasteiger partial charge < -0.3 is 14.4 Å². The number of aromatic nitrogens is 3. The Kier molecular flexibility index (Phi) is 7.56. The van der Waals surface area contributed by atoms with Gasteiger partial charge in [0.05, 0.1) is 30.4 Å². The van der Waals surface area contributed by atoms with Crippen molar-refractivity contribution in [2.75, 3.05) is 13.2 Å². The first kappa shape index (κ1) is 21.9. The molecule has 1 aromatic carbocycles. The van der Waals surface area contributed by atoms with Crippen molar-refractivity contribution in [2.45, 2.75) is 42.8 Å². The zero-order valence-corrected chi connectivity index (χ0v) is 17.7. The molecule has 30 heavy (non-hydrogen) atoms. The van der Waals surface area contributed by atoms with Crippen molar-refractivity contribution >= 4 is 17.4 Å². The lowest BCUT2D eigenvalue weighted by Gasteiger charge is -2.13. The fourth-order valence-corrected chi connectivity index (χ4v) is 4.15. The molecule has 0 unspecified atom stereocenters. The van der Waals surface area contributed by atoms with Crippen LogP contribution in [0, 0.1) is 10.1 Å². The van der Waals surface area contributed by atoms with E-state index >= 15 is 0 Å². The van der Waals surface area contributed by atoms with E-state index in [0.717, 1.165) is 27.0 Å². The van der Waals surface area contributed by atoms with Gasteiger partial charge in [-0.25, -0.2) is 4.98 Å². The Labute approximate surface area is 179 Å². The molecule has 0 amide bonds. The molecule has 0 spiro atoms. The average molecular weight is 429 g/mol. The van der Waals surface area contributed by atoms with Crippen molar-refractivity contribution in [3.8, 4) is 0 Å². The van der Waals surface area contributed by atoms with E-state index in [2.05, 4.69) is 23.4 Å². The van der Waals surface area contributed by atoms with Gasteiger partial charge in [0, 0.05) is 29.4 Å². The van der Waals surface area contributed by atoms with Crippen LogP contribution in [0.3, 0.4) is 0 Å². The molecule has 9 heteroatoms. The van der Waals surface area contributed by atoms with E-state index in [0.29, 0.717) is 6.54 Å². The maximum absolute atomic E-state index is 11.2. The Morgan fingerprint density at radius 2 is 2.13 bits per heavy atom. The number of pyridine rings is 1. The van der Waals surface area contributed by atoms with Crippen LogP contribution >= 0.6 is 11.8 Å². The Bertz CT molecular complexity index is 992. The third kappa shape index (κ3) is 5.44. The maximum atomic E-state index is 11.2. The van der Waals surface area contributed by atoms with Gasteiger partial charge in [-0.1, -0.05) is 37.7 Å². The van der Waals surface area contributed by atoms with E-state index in [-0.39, 0.29) is 31.4 Å². The first-order valence-corrected chi connectivity index (χ1v) is 10.4. The van der Waals surface area contributed by atoms with E-state index in [1.807, 2.05) is 18.2 Å². The van der Waals surface area contributed by atoms with Gasteiger partial charge in [-0.2, -0.15) is 0 Å². The molecule has 3 aromatic rings. The number of nitro groups is 1. The van der Waals surface area contributed by atoms with Gasteiger partial charge in [-0.15, -0.1) is 0 Å². The summed E-state index contributed by atoms with van der Waals surface area (Å²) in [6, 6.07) is 10.5. The van der Waals surface area contributed by atoms with Crippen LogP contribution < -0.4 is 0 Å². The van der Waals surface area contributed by atoms with Crippen LogP contribution in [0.1, 0.15) is 36.8 Å². The Hall–Kier alpha value is -2.75. The molecule has 0 radical (unpaired) electrons. The van der Waals surface area contributed by atoms with E-state index in [4.69, 9.17) is 14.8 Å². The zero-order valence-electron chi connectivity index (χ0n) is 16.9. The predicted octanol–water partition coefficient (Wildman–Crippen LogP) is 4.02. The first-order chi connectivity index (χ1) is 14.5. The van der Waals surface area contributed by atoms with E-state index in [1.165, 1.54) is 17.8 Å². The topological polar surface area (TPSA) is 103 Å². The van der Waals surface area contributed by atoms with Gasteiger partial charge in [-0.05, 0) is 23.6 Å². The molecule has 0 bridgehead atoms. The number of non-ortho nitro benzene ring substituents is 1. The van der Waals surface area contributed by atoms with E-state index in [1.54, 1.807) is 24.5 Å². The largest absolute Gasteiger partial charge is 0.394 e. The van der Waals surface area contributed by atoms with Crippen molar-refractivity contribution in [1.82, 2.24) is 14.5 Å². The lowest BCUT2D eigenvalue weighted by Crippen LogP contribution is -2.09. The third-order valence-electron chi connectivity index (χ3n) is 4.35. The second kappa shape index (κ2) is 10.3. The number of rotatable bonds is 10. The molecule has 2 heterocycles. The summed E-state index contributed by atoms with van der Waals surface area (Å²) in [4.78, 5) is 20.6. The molecular weight excluding hydrogens is 404 g/mol. The minimum atomic E-state index is -0.394. The normalized spacial score (nSPS) is 11.2. The third-order valence-corrected chi connectivity index (χ3v) is 5.46. The summed E-state index contributed by atoms with van der Waals surface area (Å²) < 4.78 is 7.61. The molecule has 0 aliphatic rings. The summed E-state index contributed by atoms with van der Waals surface area (Å²) in [7, 11) is 0. The second-order valence-electron chi connectivity index (χ2n) is 6.95. The molecule has 0 aliphatic carbocycles. The van der Waals surface area contributed by atoms with Crippen LogP contribution in [-0.4, -0.2) is 37.8 Å². The van der Waals surface area contributed by atoms with Crippen LogP contribution in [0.2, 0.25) is 0 Å². The lowest BCUT2D eigenvalue weighted by molar-refractivity contribution is -0.385. The number of hydrogen-bond acceptors (Lipinski definition) is 7. The standard InChI is InChI=1S/C21H24N4O4S/c1-15(2)20-21(30-18-7-3-6-17(11-18)25(27)28)24(13-16-5-4-8-22-12-16)19(23-20)14-29-10-9-26/h3-8,11-12,15,26H,9-10,13-14H2,1-2H3. The van der Waals surface area contributed by atoms with E-state index < -0.39 is 4.92 Å². The second-order valence-corrected chi connectivity index (χ2v) is 8.02. The van der Waals surface area contributed by atoms with Crippen LogP contribution in [0.5, 0.6) is 0 Å². The molecule has 0 aliphatic heterocycles. The fraction of sp³-hybridized carbons (Fsp3) is 0.333. The van der Waals surface area contributed by atoms with Crippen molar-refractivity contribution < 1.29 is 14.8 Å². The number of imidazole rings is 1. The smallest absolute Gasteiger partial charge is 0.270 e. The molecule has 0 atom stereocenters. The number of aliphatic hydroxyl groups excluding tert-OH is 1. The molecule has 1 N–H and O–H groups in total. The number of aliphatic hydroxyl groups is 1. The van der Waals surface area contributed by atoms with Crippen molar-refractivity contribution in [1.29, 1.82) is 0 Å². The minimum absolute atomic E-state index is 0.0518. The maximum Gasteiger partial charge on any atom is 0.270 e. The molecule has 0 saturated heterocycles. The SMILES string of the molecule is CC(C)c1nc(COCCO)n(Cc2cccnc2)c1Sc1cccc([N+](=O)[O-])c1. The van der Waals surface area contributed by atoms with Gasteiger partial charge >= 0.3 is 0 Å². The summed E-state index contributed by atoms with van der Waals surface area (Å²) in [5.74, 6) is 0.891. The lowest BCUT2D eigenvalue weighted by atomic mass is 10.1. The van der Waals surface area contributed by atoms with Gasteiger partial charge in [0.25, 0.3) is 5.69 Å². The number of nitro benzene ring substituents is 1. The number of benzene rings is 1. The molecule has 0 saturated carbocycles. The Morgan fingerprint density at radius 3 is 2.80 bits per heavy atom. The van der Waals surface area contributed by atoms with Crippen molar-refractivity contribution in [3.63, 3.8) is 0 Å². The number of hydrogen-bond donors (Lipinski definition) is 1. The van der Waals surface area contributed by atoms with Crippen molar-refractivity contribution in [2.24, 2.45) is 0 Å². The van der Waals surface area contributed by atoms with E-state index in [9.17, 15) is 10.1 Å². The summed E-state index contributed by atoms with van der Waals surface area (Å²) in [5, 5.41) is 21.1. The predicted molar refractivity (Wildman–Crippen MR) is 114 cm³/mol. The monoisotopic (exact) mass is 428 g/mol. The average Bonchev–Trinajstić information content (AvgIpc) is 3.06. The molecule has 158 valence electrons. The summed E-state index contributed by atoms with van der Waals surface area (Å²) in [6.45, 7) is 5.09. The number of ether oxygens (including phenoxy) is 1. The summed E-state index contributed by atoms with van der Waals surface area (Å²) in [6.07, 6.45) is 3.52. The molecule has 3 rings (SSSR count). The summed E-state index contributed by atoms with van der Waals surface area (Å²) in [5.41, 5.74) is 1.96. The van der Waals surface area contributed by atoms with Gasteiger partial charge in [-0.3, -0.25) is 15.1 Å². The molecule has 2 aromatic heterocycles. The summed E-state index contributed by atoms with van der Waals surface area (Å²) >= 11 is 1.45. The highest BCUT2D eigenvalue weighted by Crippen LogP contribution is 2.36. The van der Waals surface area contributed by atoms with Crippen LogP contribution in [0.4, 0.5) is 5.69 Å². The molecule has 8 nitrogen and oxygen atoms in total. The van der Waals surface area contributed by atoms with Crippen molar-refractivity contribution in [3.05, 3.63) is 76.0 Å². The van der Waals surface area contributed by atoms with Crippen LogP contribution in [-0.2, 0) is 17.9 Å². The Balaban J connectivity index is 2.03. The molecular formula is C21H24N4O4S. The minimum Gasteiger partial charge on any atom is -0.394 e. The number of nitrogens with zero attached hydrogens (tertiary/aromatic N) is 4. The quantitative estimate of drug-likeness (QED) is 0.295. The zero-order chi connectivity index (χ0) is 21.5. The first-order valence-electron chi connectivity index (χ1n) is 9.58. The Morgan fingerprint density at radius 1 is 1.30 bits per heavy atom. The van der Waals surface area contributed by atoms with Gasteiger partial charge in [0.1, 0.15) is 17.5 Å². The van der Waals surface area contributed by atoms with Gasteiger partial charge in [0.15, 0.2) is 0 Å². The highest BCUT2D eigenvalue weighted by molar-refractivity contribution is 7.99.